The van der Waals surface area contributed by atoms with E-state index in [4.69, 9.17) is 10.5 Å². The Kier molecular flexibility index (Phi) is 8.14. The van der Waals surface area contributed by atoms with Gasteiger partial charge in [-0.2, -0.15) is 0 Å². The highest BCUT2D eigenvalue weighted by atomic mass is 32.2. The van der Waals surface area contributed by atoms with Crippen LogP contribution in [0.5, 0.6) is 0 Å². The topological polar surface area (TPSA) is 64.3 Å². The average molecular weight is 331 g/mol. The fourth-order valence-electron chi connectivity index (χ4n) is 1.81. The zero-order valence-electron chi connectivity index (χ0n) is 13.3. The zero-order valence-corrected chi connectivity index (χ0v) is 15.0. The van der Waals surface area contributed by atoms with E-state index in [-0.39, 0.29) is 5.78 Å². The van der Waals surface area contributed by atoms with Gasteiger partial charge in [-0.15, -0.1) is 23.1 Å². The molecule has 0 aliphatic heterocycles. The predicted molar refractivity (Wildman–Crippen MR) is 93.9 cm³/mol. The van der Waals surface area contributed by atoms with E-state index in [2.05, 4.69) is 19.2 Å². The number of ether oxygens (including phenoxy) is 1. The van der Waals surface area contributed by atoms with Gasteiger partial charge in [0, 0.05) is 26.2 Å². The highest BCUT2D eigenvalue weighted by molar-refractivity contribution is 7.99. The molecular formula is C15H26N2O2S2. The number of nitrogens with two attached hydrogens (primary N) is 1. The number of nitrogen functional groups attached to an aromatic ring is 1. The Hall–Kier alpha value is -0.720. The van der Waals surface area contributed by atoms with Gasteiger partial charge in [0.15, 0.2) is 5.78 Å². The number of rotatable bonds is 10. The van der Waals surface area contributed by atoms with Crippen molar-refractivity contribution in [2.24, 2.45) is 5.92 Å². The lowest BCUT2D eigenvalue weighted by atomic mass is 10.2. The van der Waals surface area contributed by atoms with Crippen molar-refractivity contribution < 1.29 is 9.53 Å². The van der Waals surface area contributed by atoms with E-state index in [1.54, 1.807) is 11.8 Å². The molecule has 0 saturated carbocycles. The smallest absolute Gasteiger partial charge is 0.174 e. The van der Waals surface area contributed by atoms with E-state index < -0.39 is 0 Å². The molecule has 0 saturated heterocycles. The van der Waals surface area contributed by atoms with Gasteiger partial charge >= 0.3 is 0 Å². The van der Waals surface area contributed by atoms with Gasteiger partial charge in [0.25, 0.3) is 0 Å². The molecule has 0 aromatic carbocycles. The van der Waals surface area contributed by atoms with Crippen molar-refractivity contribution in [3.8, 4) is 0 Å². The summed E-state index contributed by atoms with van der Waals surface area (Å²) in [7, 11) is 0. The van der Waals surface area contributed by atoms with E-state index in [0.717, 1.165) is 36.1 Å². The molecule has 4 nitrogen and oxygen atoms in total. The number of thioether (sulfide) groups is 1. The van der Waals surface area contributed by atoms with Crippen LogP contribution in [0, 0.1) is 5.92 Å². The summed E-state index contributed by atoms with van der Waals surface area (Å²) in [6.07, 6.45) is 3.41. The van der Waals surface area contributed by atoms with Crippen LogP contribution in [0.15, 0.2) is 4.90 Å². The molecule has 1 aromatic heterocycles. The fraction of sp³-hybridized carbons (Fsp3) is 0.667. The van der Waals surface area contributed by atoms with Crippen molar-refractivity contribution in [1.29, 1.82) is 0 Å². The Labute approximate surface area is 135 Å². The first-order chi connectivity index (χ1) is 10.0. The molecule has 0 radical (unpaired) electrons. The summed E-state index contributed by atoms with van der Waals surface area (Å²) in [5.41, 5.74) is 6.70. The third-order valence-electron chi connectivity index (χ3n) is 2.88. The summed E-state index contributed by atoms with van der Waals surface area (Å²) in [5, 5.41) is 4.38. The van der Waals surface area contributed by atoms with E-state index in [9.17, 15) is 4.79 Å². The van der Waals surface area contributed by atoms with Crippen LogP contribution in [-0.4, -0.2) is 31.8 Å². The van der Waals surface area contributed by atoms with Gasteiger partial charge in [0.2, 0.25) is 0 Å². The van der Waals surface area contributed by atoms with E-state index in [0.29, 0.717) is 22.9 Å². The number of carbonyl (C=O) groups excluding carboxylic acids is 1. The molecule has 120 valence electrons. The van der Waals surface area contributed by atoms with E-state index in [1.807, 2.05) is 13.2 Å². The number of Topliss-reactive ketones (excluding diaryl/α,β-unsaturated/α-hetero) is 1. The van der Waals surface area contributed by atoms with Crippen molar-refractivity contribution in [1.82, 2.24) is 0 Å². The third-order valence-corrected chi connectivity index (χ3v) is 5.05. The monoisotopic (exact) mass is 330 g/mol. The largest absolute Gasteiger partial charge is 0.396 e. The Bertz CT molecular complexity index is 459. The number of carbonyl (C=O) groups is 1. The SMILES string of the molecule is CCC(=O)c1sc(NCCCOCC(C)C)c(SC)c1N. The molecule has 21 heavy (non-hydrogen) atoms. The molecule has 0 spiro atoms. The highest BCUT2D eigenvalue weighted by Crippen LogP contribution is 2.42. The summed E-state index contributed by atoms with van der Waals surface area (Å²) in [6.45, 7) is 8.52. The van der Waals surface area contributed by atoms with E-state index >= 15 is 0 Å². The van der Waals surface area contributed by atoms with Gasteiger partial charge in [-0.1, -0.05) is 20.8 Å². The molecule has 6 heteroatoms. The molecule has 0 aliphatic rings. The summed E-state index contributed by atoms with van der Waals surface area (Å²) in [6, 6.07) is 0. The molecule has 0 aliphatic carbocycles. The summed E-state index contributed by atoms with van der Waals surface area (Å²) < 4.78 is 5.55. The lowest BCUT2D eigenvalue weighted by Gasteiger charge is -2.08. The van der Waals surface area contributed by atoms with Crippen LogP contribution in [0.3, 0.4) is 0 Å². The maximum atomic E-state index is 11.9. The second kappa shape index (κ2) is 9.33. The Balaban J connectivity index is 2.53. The molecular weight excluding hydrogens is 304 g/mol. The second-order valence-corrected chi connectivity index (χ2v) is 7.07. The quantitative estimate of drug-likeness (QED) is 0.384. The van der Waals surface area contributed by atoms with Crippen molar-refractivity contribution in [3.63, 3.8) is 0 Å². The van der Waals surface area contributed by atoms with Crippen LogP contribution in [0.1, 0.15) is 43.3 Å². The first kappa shape index (κ1) is 18.3. The minimum absolute atomic E-state index is 0.112. The molecule has 0 bridgehead atoms. The number of hydrogen-bond acceptors (Lipinski definition) is 6. The Morgan fingerprint density at radius 2 is 2.19 bits per heavy atom. The van der Waals surface area contributed by atoms with Gasteiger partial charge in [-0.3, -0.25) is 4.79 Å². The number of ketones is 1. The molecule has 1 heterocycles. The predicted octanol–water partition coefficient (Wildman–Crippen LogP) is 4.12. The number of anilines is 2. The lowest BCUT2D eigenvalue weighted by molar-refractivity contribution is 0.0992. The van der Waals surface area contributed by atoms with Crippen LogP contribution in [-0.2, 0) is 4.74 Å². The number of hydrogen-bond donors (Lipinski definition) is 2. The average Bonchev–Trinajstić information content (AvgIpc) is 2.77. The highest BCUT2D eigenvalue weighted by Gasteiger charge is 2.19. The number of thiophene rings is 1. The number of nitrogens with one attached hydrogen (secondary N) is 1. The maximum Gasteiger partial charge on any atom is 0.174 e. The maximum absolute atomic E-state index is 11.9. The van der Waals surface area contributed by atoms with Crippen molar-refractivity contribution in [3.05, 3.63) is 4.88 Å². The first-order valence-electron chi connectivity index (χ1n) is 7.32. The molecule has 0 unspecified atom stereocenters. The lowest BCUT2D eigenvalue weighted by Crippen LogP contribution is -2.08. The summed E-state index contributed by atoms with van der Waals surface area (Å²) in [5.74, 6) is 0.682. The van der Waals surface area contributed by atoms with Crippen molar-refractivity contribution in [2.45, 2.75) is 38.5 Å². The van der Waals surface area contributed by atoms with E-state index in [1.165, 1.54) is 11.3 Å². The van der Waals surface area contributed by atoms with Crippen LogP contribution in [0.25, 0.3) is 0 Å². The summed E-state index contributed by atoms with van der Waals surface area (Å²) >= 11 is 3.05. The van der Waals surface area contributed by atoms with Gasteiger partial charge in [0.1, 0.15) is 5.00 Å². The molecule has 0 atom stereocenters. The standard InChI is InChI=1S/C15H26N2O2S2/c1-5-11(18)13-12(16)14(20-4)15(21-13)17-7-6-8-19-9-10(2)3/h10,17H,5-9,16H2,1-4H3. The molecule has 1 rings (SSSR count). The van der Waals surface area contributed by atoms with Crippen LogP contribution in [0.2, 0.25) is 0 Å². The molecule has 0 fully saturated rings. The zero-order chi connectivity index (χ0) is 15.8. The second-order valence-electron chi connectivity index (χ2n) is 5.23. The Morgan fingerprint density at radius 1 is 1.48 bits per heavy atom. The van der Waals surface area contributed by atoms with Crippen LogP contribution >= 0.6 is 23.1 Å². The first-order valence-corrected chi connectivity index (χ1v) is 9.36. The van der Waals surface area contributed by atoms with Crippen molar-refractivity contribution >= 4 is 39.6 Å². The minimum atomic E-state index is 0.112. The fourth-order valence-corrected chi connectivity index (χ4v) is 3.88. The van der Waals surface area contributed by atoms with Crippen LogP contribution in [0.4, 0.5) is 10.7 Å². The van der Waals surface area contributed by atoms with Gasteiger partial charge in [-0.25, -0.2) is 0 Å². The summed E-state index contributed by atoms with van der Waals surface area (Å²) in [4.78, 5) is 13.5. The third kappa shape index (κ3) is 5.52. The van der Waals surface area contributed by atoms with Gasteiger partial charge in [0.05, 0.1) is 15.5 Å². The molecule has 0 amide bonds. The molecule has 3 N–H and O–H groups in total. The van der Waals surface area contributed by atoms with Gasteiger partial charge < -0.3 is 15.8 Å². The van der Waals surface area contributed by atoms with Gasteiger partial charge in [-0.05, 0) is 18.6 Å². The van der Waals surface area contributed by atoms with Crippen molar-refractivity contribution in [2.75, 3.05) is 37.1 Å². The Morgan fingerprint density at radius 3 is 2.76 bits per heavy atom. The normalized spacial score (nSPS) is 11.1. The minimum Gasteiger partial charge on any atom is -0.396 e. The van der Waals surface area contributed by atoms with Crippen LogP contribution < -0.4 is 11.1 Å². The molecule has 1 aromatic rings.